The van der Waals surface area contributed by atoms with E-state index in [1.54, 1.807) is 0 Å². The molecule has 0 radical (unpaired) electrons. The standard InChI is InChI=1S/C83H146O17P2/c1-5-9-13-17-21-25-29-33-36-37-38-39-42-44-48-52-56-60-64-68-81(86)94-74-79(100-83(88)70-66-62-58-54-50-46-41-35-31-27-23-19-15-11-7-3)76-98-102(91,92)96-72-77(84)71-95-101(89,90)97-75-78(73-93-80(85)67-63-59-55-51-47-43-32-28-24-20-16-12-8-4)99-82(87)69-65-61-57-53-49-45-40-34-30-26-22-18-14-10-6-2/h9,13,21,25,27,31,33-34,36,38-40,44,48,56,60,77-79,84H,5-8,10-12,14-20,22-24,26,28-30,32,35,37,41-43,45-47,49-55,57-59,61-76H2,1-4H3,(H,89,90)(H,91,92)/b13-9-,25-21-,31-27-,36-33-,39-38-,40-34-,48-44-,60-56-/t77-,78+,79+/m0/s1. The first-order valence-electron chi connectivity index (χ1n) is 40.5. The fourth-order valence-corrected chi connectivity index (χ4v) is 12.5. The SMILES string of the molecule is CC/C=C\C/C=C\C/C=C\C/C=C\C/C=C\C/C=C\CCC(=O)OC[C@H](COP(=O)(O)OC[C@@H](O)COP(=O)(O)OC[C@@H](COC(=O)CCCCCCCCCCCCCCC)OC(=O)CCCCCCC/C=C\CCCCCCCC)OC(=O)CCCCCCCCC/C=C\CCCCCC. The first kappa shape index (κ1) is 98.0. The number of carbonyl (C=O) groups is 4. The van der Waals surface area contributed by atoms with Gasteiger partial charge in [-0.3, -0.25) is 37.3 Å². The number of esters is 4. The molecule has 0 saturated heterocycles. The van der Waals surface area contributed by atoms with E-state index in [2.05, 4.69) is 107 Å². The summed E-state index contributed by atoms with van der Waals surface area (Å²) in [5.41, 5.74) is 0. The normalized spacial score (nSPS) is 14.4. The van der Waals surface area contributed by atoms with Crippen LogP contribution in [0.4, 0.5) is 0 Å². The molecule has 0 aromatic carbocycles. The van der Waals surface area contributed by atoms with E-state index in [-0.39, 0.29) is 25.7 Å². The largest absolute Gasteiger partial charge is 0.472 e. The van der Waals surface area contributed by atoms with E-state index in [0.29, 0.717) is 32.1 Å². The number of phosphoric acid groups is 2. The summed E-state index contributed by atoms with van der Waals surface area (Å²) in [6.07, 6.45) is 79.7. The van der Waals surface area contributed by atoms with Crippen LogP contribution in [-0.2, 0) is 65.4 Å². The Bertz CT molecular complexity index is 2310. The maximum atomic E-state index is 13.1. The smallest absolute Gasteiger partial charge is 0.462 e. The second-order valence-electron chi connectivity index (χ2n) is 27.0. The van der Waals surface area contributed by atoms with Gasteiger partial charge < -0.3 is 33.8 Å². The van der Waals surface area contributed by atoms with Gasteiger partial charge in [0.05, 0.1) is 26.4 Å². The molecule has 0 aliphatic carbocycles. The van der Waals surface area contributed by atoms with Crippen LogP contribution < -0.4 is 0 Å². The molecule has 0 amide bonds. The van der Waals surface area contributed by atoms with Crippen LogP contribution in [0.3, 0.4) is 0 Å². The van der Waals surface area contributed by atoms with Crippen molar-refractivity contribution >= 4 is 39.5 Å². The Labute approximate surface area is 620 Å². The summed E-state index contributed by atoms with van der Waals surface area (Å²) < 4.78 is 68.5. The number of allylic oxidation sites excluding steroid dienone is 16. The number of carbonyl (C=O) groups excluding carboxylic acids is 4. The zero-order valence-electron chi connectivity index (χ0n) is 64.5. The first-order valence-corrected chi connectivity index (χ1v) is 43.5. The fraction of sp³-hybridized carbons (Fsp3) is 0.759. The van der Waals surface area contributed by atoms with Crippen molar-refractivity contribution in [1.82, 2.24) is 0 Å². The lowest BCUT2D eigenvalue weighted by molar-refractivity contribution is -0.161. The van der Waals surface area contributed by atoms with Crippen molar-refractivity contribution in [1.29, 1.82) is 0 Å². The van der Waals surface area contributed by atoms with Crippen LogP contribution in [0.25, 0.3) is 0 Å². The van der Waals surface area contributed by atoms with Gasteiger partial charge in [0.1, 0.15) is 19.3 Å². The average molecular weight is 1480 g/mol. The second kappa shape index (κ2) is 75.2. The third-order valence-electron chi connectivity index (χ3n) is 17.0. The van der Waals surface area contributed by atoms with Crippen molar-refractivity contribution in [3.8, 4) is 0 Å². The molecule has 590 valence electrons. The number of phosphoric ester groups is 2. The van der Waals surface area contributed by atoms with Gasteiger partial charge in [0, 0.05) is 25.7 Å². The van der Waals surface area contributed by atoms with Crippen LogP contribution in [0, 0.1) is 0 Å². The fourth-order valence-electron chi connectivity index (χ4n) is 10.9. The zero-order chi connectivity index (χ0) is 74.6. The van der Waals surface area contributed by atoms with Crippen molar-refractivity contribution in [2.45, 2.75) is 367 Å². The Morgan fingerprint density at radius 3 is 0.853 bits per heavy atom. The van der Waals surface area contributed by atoms with Gasteiger partial charge in [-0.05, 0) is 116 Å². The molecule has 0 rings (SSSR count). The minimum atomic E-state index is -4.99. The molecule has 0 aromatic heterocycles. The molecule has 0 spiro atoms. The molecular weight excluding hydrogens is 1330 g/mol. The second-order valence-corrected chi connectivity index (χ2v) is 29.9. The number of hydrogen-bond donors (Lipinski definition) is 3. The van der Waals surface area contributed by atoms with Crippen LogP contribution in [0.5, 0.6) is 0 Å². The molecule has 0 aromatic rings. The minimum Gasteiger partial charge on any atom is -0.462 e. The van der Waals surface area contributed by atoms with Crippen LogP contribution in [0.2, 0.25) is 0 Å². The van der Waals surface area contributed by atoms with Gasteiger partial charge in [0.25, 0.3) is 0 Å². The van der Waals surface area contributed by atoms with Gasteiger partial charge >= 0.3 is 39.5 Å². The number of hydrogen-bond acceptors (Lipinski definition) is 15. The summed E-state index contributed by atoms with van der Waals surface area (Å²) in [4.78, 5) is 73.0. The Morgan fingerprint density at radius 2 is 0.529 bits per heavy atom. The highest BCUT2D eigenvalue weighted by molar-refractivity contribution is 7.47. The molecule has 5 atom stereocenters. The molecule has 3 N–H and O–H groups in total. The molecule has 0 fully saturated rings. The molecule has 0 saturated carbocycles. The third kappa shape index (κ3) is 74.3. The number of aliphatic hydroxyl groups excluding tert-OH is 1. The van der Waals surface area contributed by atoms with Crippen LogP contribution >= 0.6 is 15.6 Å². The topological polar surface area (TPSA) is 237 Å². The predicted octanol–water partition coefficient (Wildman–Crippen LogP) is 23.6. The van der Waals surface area contributed by atoms with Gasteiger partial charge in [-0.1, -0.05) is 305 Å². The quantitative estimate of drug-likeness (QED) is 0.0169. The molecule has 0 bridgehead atoms. The van der Waals surface area contributed by atoms with Crippen LogP contribution in [0.15, 0.2) is 97.2 Å². The van der Waals surface area contributed by atoms with Crippen LogP contribution in [-0.4, -0.2) is 96.7 Å². The first-order chi connectivity index (χ1) is 49.7. The van der Waals surface area contributed by atoms with Crippen molar-refractivity contribution in [3.63, 3.8) is 0 Å². The van der Waals surface area contributed by atoms with Crippen molar-refractivity contribution < 1.29 is 80.2 Å². The summed E-state index contributed by atoms with van der Waals surface area (Å²) >= 11 is 0. The lowest BCUT2D eigenvalue weighted by Gasteiger charge is -2.21. The maximum absolute atomic E-state index is 13.1. The zero-order valence-corrected chi connectivity index (χ0v) is 66.3. The maximum Gasteiger partial charge on any atom is 0.472 e. The van der Waals surface area contributed by atoms with E-state index in [1.165, 1.54) is 122 Å². The highest BCUT2D eigenvalue weighted by Gasteiger charge is 2.30. The minimum absolute atomic E-state index is 0.0359. The lowest BCUT2D eigenvalue weighted by Crippen LogP contribution is -2.30. The molecule has 19 heteroatoms. The Hall–Kier alpha value is -4.02. The van der Waals surface area contributed by atoms with E-state index < -0.39 is 97.5 Å². The molecule has 0 heterocycles. The van der Waals surface area contributed by atoms with Crippen molar-refractivity contribution in [2.75, 3.05) is 39.6 Å². The monoisotopic (exact) mass is 1480 g/mol. The van der Waals surface area contributed by atoms with E-state index in [9.17, 15) is 43.2 Å². The number of unbranched alkanes of at least 4 members (excludes halogenated alkanes) is 34. The highest BCUT2D eigenvalue weighted by Crippen LogP contribution is 2.45. The van der Waals surface area contributed by atoms with Crippen molar-refractivity contribution in [3.05, 3.63) is 97.2 Å². The van der Waals surface area contributed by atoms with Gasteiger partial charge in [-0.25, -0.2) is 9.13 Å². The number of aliphatic hydroxyl groups is 1. The van der Waals surface area contributed by atoms with E-state index in [1.807, 2.05) is 18.2 Å². The summed E-state index contributed by atoms with van der Waals surface area (Å²) in [7, 11) is -9.97. The highest BCUT2D eigenvalue weighted by atomic mass is 31.2. The van der Waals surface area contributed by atoms with Gasteiger partial charge in [-0.2, -0.15) is 0 Å². The molecule has 0 aliphatic heterocycles. The molecule has 0 aliphatic rings. The molecule has 17 nitrogen and oxygen atoms in total. The third-order valence-corrected chi connectivity index (χ3v) is 18.9. The van der Waals surface area contributed by atoms with Gasteiger partial charge in [-0.15, -0.1) is 0 Å². The number of rotatable bonds is 76. The van der Waals surface area contributed by atoms with E-state index in [0.717, 1.165) is 141 Å². The lowest BCUT2D eigenvalue weighted by atomic mass is 10.0. The molecule has 102 heavy (non-hydrogen) atoms. The Morgan fingerprint density at radius 1 is 0.284 bits per heavy atom. The van der Waals surface area contributed by atoms with E-state index >= 15 is 0 Å². The Kier molecular flexibility index (Phi) is 72.3. The van der Waals surface area contributed by atoms with E-state index in [4.69, 9.17) is 37.0 Å². The Balaban J connectivity index is 5.41. The summed E-state index contributed by atoms with van der Waals surface area (Å²) in [6.45, 7) is 4.69. The molecular formula is C83H146O17P2. The van der Waals surface area contributed by atoms with Gasteiger partial charge in [0.15, 0.2) is 12.2 Å². The molecule has 2 unspecified atom stereocenters. The summed E-state index contributed by atoms with van der Waals surface area (Å²) in [5, 5.41) is 10.6. The number of ether oxygens (including phenoxy) is 4. The van der Waals surface area contributed by atoms with Gasteiger partial charge in [0.2, 0.25) is 0 Å². The average Bonchev–Trinajstić information content (AvgIpc) is 0.920. The summed E-state index contributed by atoms with van der Waals surface area (Å²) in [5.74, 6) is -2.26. The predicted molar refractivity (Wildman–Crippen MR) is 418 cm³/mol. The van der Waals surface area contributed by atoms with Crippen molar-refractivity contribution in [2.24, 2.45) is 0 Å². The summed E-state index contributed by atoms with van der Waals surface area (Å²) in [6, 6.07) is 0. The van der Waals surface area contributed by atoms with Crippen LogP contribution in [0.1, 0.15) is 349 Å².